The highest BCUT2D eigenvalue weighted by Crippen LogP contribution is 2.22. The lowest BCUT2D eigenvalue weighted by atomic mass is 9.98. The molecule has 0 aromatic carbocycles. The van der Waals surface area contributed by atoms with Gasteiger partial charge in [-0.25, -0.2) is 4.79 Å². The fraction of sp³-hybridized carbons (Fsp3) is 0.846. The normalized spacial score (nSPS) is 27.4. The smallest absolute Gasteiger partial charge is 0.318 e. The van der Waals surface area contributed by atoms with Gasteiger partial charge in [0.15, 0.2) is 0 Å². The molecule has 0 aromatic rings. The van der Waals surface area contributed by atoms with Gasteiger partial charge in [-0.15, -0.1) is 0 Å². The third kappa shape index (κ3) is 3.37. The number of likely N-dealkylation sites (tertiary alicyclic amines) is 1. The van der Waals surface area contributed by atoms with Gasteiger partial charge in [-0.2, -0.15) is 0 Å². The second-order valence-electron chi connectivity index (χ2n) is 5.40. The van der Waals surface area contributed by atoms with Crippen molar-refractivity contribution in [3.8, 4) is 0 Å². The van der Waals surface area contributed by atoms with Gasteiger partial charge in [0, 0.05) is 18.1 Å². The van der Waals surface area contributed by atoms with Crippen LogP contribution in [0, 0.1) is 5.92 Å². The third-order valence-corrected chi connectivity index (χ3v) is 3.92. The molecule has 4 atom stereocenters. The van der Waals surface area contributed by atoms with E-state index in [0.29, 0.717) is 0 Å². The number of nitrogens with zero attached hydrogens (tertiary/aromatic N) is 1. The van der Waals surface area contributed by atoms with E-state index in [2.05, 4.69) is 5.32 Å². The second-order valence-corrected chi connectivity index (χ2v) is 5.40. The van der Waals surface area contributed by atoms with Crippen molar-refractivity contribution in [2.45, 2.75) is 65.1 Å². The van der Waals surface area contributed by atoms with Crippen molar-refractivity contribution in [3.05, 3.63) is 0 Å². The molecular weight excluding hydrogens is 232 g/mol. The van der Waals surface area contributed by atoms with Gasteiger partial charge in [-0.3, -0.25) is 4.79 Å². The van der Waals surface area contributed by atoms with Gasteiger partial charge in [0.2, 0.25) is 0 Å². The Morgan fingerprint density at radius 2 is 1.72 bits per heavy atom. The van der Waals surface area contributed by atoms with Crippen LogP contribution < -0.4 is 5.32 Å². The van der Waals surface area contributed by atoms with Crippen LogP contribution in [0.1, 0.15) is 47.0 Å². The van der Waals surface area contributed by atoms with Gasteiger partial charge in [-0.05, 0) is 47.0 Å². The number of carboxylic acids is 1. The summed E-state index contributed by atoms with van der Waals surface area (Å²) >= 11 is 0. The molecule has 1 rings (SSSR count). The van der Waals surface area contributed by atoms with Crippen LogP contribution in [0.5, 0.6) is 0 Å². The first kappa shape index (κ1) is 14.8. The number of rotatable bonds is 3. The molecule has 1 fully saturated rings. The van der Waals surface area contributed by atoms with Gasteiger partial charge in [-0.1, -0.05) is 0 Å². The minimum atomic E-state index is -0.887. The Balaban J connectivity index is 2.61. The van der Waals surface area contributed by atoms with Gasteiger partial charge >= 0.3 is 12.0 Å². The average Bonchev–Trinajstić information content (AvgIpc) is 2.27. The fourth-order valence-corrected chi connectivity index (χ4v) is 2.43. The lowest BCUT2D eigenvalue weighted by Crippen LogP contribution is -2.54. The molecule has 104 valence electrons. The summed E-state index contributed by atoms with van der Waals surface area (Å²) in [5.41, 5.74) is 0. The third-order valence-electron chi connectivity index (χ3n) is 3.92. The Morgan fingerprint density at radius 3 is 2.17 bits per heavy atom. The van der Waals surface area contributed by atoms with Crippen LogP contribution in [0.2, 0.25) is 0 Å². The summed E-state index contributed by atoms with van der Waals surface area (Å²) in [5, 5.41) is 11.7. The molecule has 18 heavy (non-hydrogen) atoms. The lowest BCUT2D eigenvalue weighted by molar-refractivity contribution is -0.141. The molecule has 2 N–H and O–H groups in total. The first-order valence-corrected chi connectivity index (χ1v) is 6.66. The van der Waals surface area contributed by atoms with E-state index < -0.39 is 11.9 Å². The van der Waals surface area contributed by atoms with Crippen molar-refractivity contribution in [1.29, 1.82) is 0 Å². The zero-order chi connectivity index (χ0) is 13.9. The fourth-order valence-electron chi connectivity index (χ4n) is 2.43. The van der Waals surface area contributed by atoms with Crippen molar-refractivity contribution >= 4 is 12.0 Å². The molecule has 5 heteroatoms. The van der Waals surface area contributed by atoms with Gasteiger partial charge in [0.1, 0.15) is 0 Å². The Kier molecular flexibility index (Phi) is 4.99. The molecule has 0 spiro atoms. The molecule has 5 nitrogen and oxygen atoms in total. The Morgan fingerprint density at radius 1 is 1.22 bits per heavy atom. The monoisotopic (exact) mass is 256 g/mol. The van der Waals surface area contributed by atoms with Crippen LogP contribution >= 0.6 is 0 Å². The quantitative estimate of drug-likeness (QED) is 0.812. The van der Waals surface area contributed by atoms with Crippen molar-refractivity contribution in [2.75, 3.05) is 0 Å². The number of hydrogen-bond donors (Lipinski definition) is 2. The SMILES string of the molecule is CC(NC(=O)N1[C@H](C)CCC[C@@H]1C)C(C)C(=O)O. The van der Waals surface area contributed by atoms with Crippen molar-refractivity contribution in [3.63, 3.8) is 0 Å². The zero-order valence-corrected chi connectivity index (χ0v) is 11.6. The summed E-state index contributed by atoms with van der Waals surface area (Å²) in [6.45, 7) is 7.42. The van der Waals surface area contributed by atoms with Gasteiger partial charge < -0.3 is 15.3 Å². The first-order chi connectivity index (χ1) is 8.34. The summed E-state index contributed by atoms with van der Waals surface area (Å²) in [7, 11) is 0. The summed E-state index contributed by atoms with van der Waals surface area (Å²) in [6.07, 6.45) is 3.18. The van der Waals surface area contributed by atoms with Crippen LogP contribution in [0.15, 0.2) is 0 Å². The van der Waals surface area contributed by atoms with E-state index in [0.717, 1.165) is 19.3 Å². The molecule has 1 saturated heterocycles. The maximum atomic E-state index is 12.2. The number of carbonyl (C=O) groups is 2. The van der Waals surface area contributed by atoms with E-state index in [1.165, 1.54) is 0 Å². The van der Waals surface area contributed by atoms with E-state index >= 15 is 0 Å². The summed E-state index contributed by atoms with van der Waals surface area (Å²) in [4.78, 5) is 24.9. The van der Waals surface area contributed by atoms with Crippen LogP contribution in [0.3, 0.4) is 0 Å². The largest absolute Gasteiger partial charge is 0.481 e. The summed E-state index contributed by atoms with van der Waals surface area (Å²) < 4.78 is 0. The molecular formula is C13H24N2O3. The summed E-state index contributed by atoms with van der Waals surface area (Å²) in [5.74, 6) is -1.47. The molecule has 2 amide bonds. The number of amides is 2. The zero-order valence-electron chi connectivity index (χ0n) is 11.6. The molecule has 0 saturated carbocycles. The van der Waals surface area contributed by atoms with Crippen LogP contribution in [-0.2, 0) is 4.79 Å². The molecule has 0 aliphatic carbocycles. The number of piperidine rings is 1. The predicted octanol–water partition coefficient (Wildman–Crippen LogP) is 2.07. The highest BCUT2D eigenvalue weighted by Gasteiger charge is 2.31. The Bertz CT molecular complexity index is 309. The van der Waals surface area contributed by atoms with E-state index in [4.69, 9.17) is 5.11 Å². The number of urea groups is 1. The number of nitrogens with one attached hydrogen (secondary N) is 1. The maximum Gasteiger partial charge on any atom is 0.318 e. The molecule has 2 unspecified atom stereocenters. The number of aliphatic carboxylic acids is 1. The summed E-state index contributed by atoms with van der Waals surface area (Å²) in [6, 6.07) is -0.0613. The van der Waals surface area contributed by atoms with E-state index in [1.54, 1.807) is 13.8 Å². The van der Waals surface area contributed by atoms with E-state index in [1.807, 2.05) is 18.7 Å². The first-order valence-electron chi connectivity index (χ1n) is 6.66. The standard InChI is InChI=1S/C13H24N2O3/c1-8-6-5-7-9(2)15(8)13(18)14-11(4)10(3)12(16)17/h8-11H,5-7H2,1-4H3,(H,14,18)(H,16,17)/t8-,9+,10?,11?. The number of carbonyl (C=O) groups excluding carboxylic acids is 1. The van der Waals surface area contributed by atoms with Crippen molar-refractivity contribution < 1.29 is 14.7 Å². The Labute approximate surface area is 109 Å². The van der Waals surface area contributed by atoms with Crippen LogP contribution in [0.4, 0.5) is 4.79 Å². The molecule has 0 bridgehead atoms. The minimum Gasteiger partial charge on any atom is -0.481 e. The molecule has 0 radical (unpaired) electrons. The average molecular weight is 256 g/mol. The van der Waals surface area contributed by atoms with Crippen LogP contribution in [0.25, 0.3) is 0 Å². The van der Waals surface area contributed by atoms with Gasteiger partial charge in [0.05, 0.1) is 5.92 Å². The highest BCUT2D eigenvalue weighted by atomic mass is 16.4. The number of carboxylic acid groups (broad SMARTS) is 1. The predicted molar refractivity (Wildman–Crippen MR) is 69.4 cm³/mol. The highest BCUT2D eigenvalue weighted by molar-refractivity contribution is 5.77. The lowest BCUT2D eigenvalue weighted by Gasteiger charge is -2.39. The topological polar surface area (TPSA) is 69.6 Å². The molecule has 1 aliphatic rings. The minimum absolute atomic E-state index is 0.143. The van der Waals surface area contributed by atoms with E-state index in [-0.39, 0.29) is 24.2 Å². The molecule has 1 aliphatic heterocycles. The van der Waals surface area contributed by atoms with Gasteiger partial charge in [0.25, 0.3) is 0 Å². The van der Waals surface area contributed by atoms with Crippen molar-refractivity contribution in [1.82, 2.24) is 10.2 Å². The molecule has 0 aromatic heterocycles. The van der Waals surface area contributed by atoms with Crippen molar-refractivity contribution in [2.24, 2.45) is 5.92 Å². The van der Waals surface area contributed by atoms with Crippen LogP contribution in [-0.4, -0.2) is 40.1 Å². The number of hydrogen-bond acceptors (Lipinski definition) is 2. The molecule has 1 heterocycles. The maximum absolute atomic E-state index is 12.2. The Hall–Kier alpha value is -1.26. The second kappa shape index (κ2) is 6.07. The van der Waals surface area contributed by atoms with E-state index in [9.17, 15) is 9.59 Å².